The van der Waals surface area contributed by atoms with E-state index in [1.807, 2.05) is 18.2 Å². The molecule has 4 nitrogen and oxygen atoms in total. The second-order valence-electron chi connectivity index (χ2n) is 5.65. The highest BCUT2D eigenvalue weighted by Crippen LogP contribution is 2.46. The van der Waals surface area contributed by atoms with Crippen LogP contribution in [0.15, 0.2) is 34.9 Å². The Morgan fingerprint density at radius 2 is 2.05 bits per heavy atom. The normalized spacial score (nSPS) is 18.2. The lowest BCUT2D eigenvalue weighted by atomic mass is 10.1. The number of hydrogen-bond donors (Lipinski definition) is 1. The van der Waals surface area contributed by atoms with Crippen molar-refractivity contribution in [3.05, 3.63) is 47.6 Å². The van der Waals surface area contributed by atoms with Gasteiger partial charge in [0, 0.05) is 5.41 Å². The molecule has 1 aliphatic rings. The Hall–Kier alpha value is -1.68. The Morgan fingerprint density at radius 1 is 1.32 bits per heavy atom. The molecule has 2 N–H and O–H groups in total. The molecule has 3 rings (SSSR count). The Balaban J connectivity index is 1.61. The fraction of sp³-hybridized carbons (Fsp3) is 0.467. The van der Waals surface area contributed by atoms with Gasteiger partial charge in [-0.25, -0.2) is 0 Å². The van der Waals surface area contributed by atoms with Crippen molar-refractivity contribution >= 4 is 0 Å². The number of hydrogen-bond acceptors (Lipinski definition) is 4. The molecule has 0 saturated heterocycles. The van der Waals surface area contributed by atoms with Gasteiger partial charge in [-0.3, -0.25) is 0 Å². The SMILES string of the molecule is CC1(c2noc(C(N)CCc3ccccc3)n2)CC1. The zero-order valence-electron chi connectivity index (χ0n) is 11.2. The summed E-state index contributed by atoms with van der Waals surface area (Å²) >= 11 is 0. The fourth-order valence-corrected chi connectivity index (χ4v) is 2.13. The molecule has 100 valence electrons. The van der Waals surface area contributed by atoms with E-state index in [1.54, 1.807) is 0 Å². The minimum atomic E-state index is -0.177. The maximum Gasteiger partial charge on any atom is 0.243 e. The van der Waals surface area contributed by atoms with E-state index in [0.717, 1.165) is 31.5 Å². The van der Waals surface area contributed by atoms with Gasteiger partial charge in [0.2, 0.25) is 5.89 Å². The highest BCUT2D eigenvalue weighted by atomic mass is 16.5. The highest BCUT2D eigenvalue weighted by molar-refractivity contribution is 5.16. The van der Waals surface area contributed by atoms with E-state index < -0.39 is 0 Å². The fourth-order valence-electron chi connectivity index (χ4n) is 2.13. The Bertz CT molecular complexity index is 546. The first-order chi connectivity index (χ1) is 9.17. The molecule has 1 unspecified atom stereocenters. The summed E-state index contributed by atoms with van der Waals surface area (Å²) < 4.78 is 5.30. The molecule has 2 aromatic rings. The van der Waals surface area contributed by atoms with Crippen molar-refractivity contribution in [3.8, 4) is 0 Å². The van der Waals surface area contributed by atoms with Crippen LogP contribution in [-0.4, -0.2) is 10.1 Å². The second kappa shape index (κ2) is 4.78. The van der Waals surface area contributed by atoms with Crippen LogP contribution < -0.4 is 5.73 Å². The van der Waals surface area contributed by atoms with Gasteiger partial charge in [-0.1, -0.05) is 42.4 Å². The number of rotatable bonds is 5. The quantitative estimate of drug-likeness (QED) is 0.894. The van der Waals surface area contributed by atoms with E-state index >= 15 is 0 Å². The summed E-state index contributed by atoms with van der Waals surface area (Å²) in [6.07, 6.45) is 4.04. The molecule has 1 aromatic carbocycles. The third-order valence-corrected chi connectivity index (χ3v) is 3.89. The molecule has 1 saturated carbocycles. The van der Waals surface area contributed by atoms with Crippen molar-refractivity contribution in [1.29, 1.82) is 0 Å². The maximum absolute atomic E-state index is 6.12. The topological polar surface area (TPSA) is 64.9 Å². The largest absolute Gasteiger partial charge is 0.338 e. The molecule has 19 heavy (non-hydrogen) atoms. The molecule has 1 fully saturated rings. The molecule has 1 atom stereocenters. The van der Waals surface area contributed by atoms with Crippen molar-refractivity contribution in [1.82, 2.24) is 10.1 Å². The average molecular weight is 257 g/mol. The maximum atomic E-state index is 6.12. The first kappa shape index (κ1) is 12.4. The van der Waals surface area contributed by atoms with E-state index in [2.05, 4.69) is 29.2 Å². The summed E-state index contributed by atoms with van der Waals surface area (Å²) in [6, 6.07) is 10.1. The first-order valence-corrected chi connectivity index (χ1v) is 6.81. The molecule has 0 bridgehead atoms. The third-order valence-electron chi connectivity index (χ3n) is 3.89. The van der Waals surface area contributed by atoms with Crippen LogP contribution in [0.1, 0.15) is 49.5 Å². The molecular weight excluding hydrogens is 238 g/mol. The van der Waals surface area contributed by atoms with Crippen molar-refractivity contribution in [2.75, 3.05) is 0 Å². The first-order valence-electron chi connectivity index (χ1n) is 6.81. The predicted molar refractivity (Wildman–Crippen MR) is 72.6 cm³/mol. The number of aryl methyl sites for hydroxylation is 1. The van der Waals surface area contributed by atoms with Crippen molar-refractivity contribution in [2.45, 2.75) is 44.1 Å². The number of benzene rings is 1. The lowest BCUT2D eigenvalue weighted by Gasteiger charge is -2.06. The predicted octanol–water partition coefficient (Wildman–Crippen LogP) is 2.75. The zero-order valence-corrected chi connectivity index (χ0v) is 11.2. The molecule has 1 aliphatic carbocycles. The molecule has 0 spiro atoms. The second-order valence-corrected chi connectivity index (χ2v) is 5.65. The van der Waals surface area contributed by atoms with Crippen LogP contribution in [0.5, 0.6) is 0 Å². The van der Waals surface area contributed by atoms with E-state index in [4.69, 9.17) is 10.3 Å². The molecule has 0 aliphatic heterocycles. The minimum absolute atomic E-state index is 0.140. The van der Waals surface area contributed by atoms with Gasteiger partial charge >= 0.3 is 0 Å². The van der Waals surface area contributed by atoms with Crippen LogP contribution in [0.4, 0.5) is 0 Å². The summed E-state index contributed by atoms with van der Waals surface area (Å²) in [6.45, 7) is 2.16. The van der Waals surface area contributed by atoms with Crippen molar-refractivity contribution in [2.24, 2.45) is 5.73 Å². The average Bonchev–Trinajstić information content (AvgIpc) is 3.00. The van der Waals surface area contributed by atoms with E-state index in [9.17, 15) is 0 Å². The lowest BCUT2D eigenvalue weighted by molar-refractivity contribution is 0.343. The van der Waals surface area contributed by atoms with Gasteiger partial charge in [0.15, 0.2) is 5.82 Å². The molecule has 1 aromatic heterocycles. The summed E-state index contributed by atoms with van der Waals surface area (Å²) in [5.74, 6) is 1.39. The molecule has 0 radical (unpaired) electrons. The standard InChI is InChI=1S/C15H19N3O/c1-15(9-10-15)14-17-13(19-18-14)12(16)8-7-11-5-3-2-4-6-11/h2-6,12H,7-10,16H2,1H3. The van der Waals surface area contributed by atoms with Crippen LogP contribution in [-0.2, 0) is 11.8 Å². The summed E-state index contributed by atoms with van der Waals surface area (Å²) in [5, 5.41) is 4.06. The van der Waals surface area contributed by atoms with Gasteiger partial charge in [-0.2, -0.15) is 4.98 Å². The zero-order chi connectivity index (χ0) is 13.3. The van der Waals surface area contributed by atoms with Crippen LogP contribution in [0.3, 0.4) is 0 Å². The van der Waals surface area contributed by atoms with E-state index in [0.29, 0.717) is 5.89 Å². The lowest BCUT2D eigenvalue weighted by Crippen LogP contribution is -2.12. The monoisotopic (exact) mass is 257 g/mol. The van der Waals surface area contributed by atoms with Crippen LogP contribution >= 0.6 is 0 Å². The summed E-state index contributed by atoms with van der Waals surface area (Å²) in [4.78, 5) is 4.45. The summed E-state index contributed by atoms with van der Waals surface area (Å²) in [7, 11) is 0. The highest BCUT2D eigenvalue weighted by Gasteiger charge is 2.43. The number of nitrogens with zero attached hydrogens (tertiary/aromatic N) is 2. The van der Waals surface area contributed by atoms with Crippen LogP contribution in [0, 0.1) is 0 Å². The van der Waals surface area contributed by atoms with E-state index in [-0.39, 0.29) is 11.5 Å². The molecule has 4 heteroatoms. The molecule has 1 heterocycles. The van der Waals surface area contributed by atoms with Crippen molar-refractivity contribution in [3.63, 3.8) is 0 Å². The number of nitrogens with two attached hydrogens (primary N) is 1. The Morgan fingerprint density at radius 3 is 2.74 bits per heavy atom. The van der Waals surface area contributed by atoms with Crippen molar-refractivity contribution < 1.29 is 4.52 Å². The van der Waals surface area contributed by atoms with Gasteiger partial charge in [-0.15, -0.1) is 0 Å². The molecular formula is C15H19N3O. The van der Waals surface area contributed by atoms with Gasteiger partial charge in [0.05, 0.1) is 6.04 Å². The van der Waals surface area contributed by atoms with Gasteiger partial charge in [0.1, 0.15) is 0 Å². The minimum Gasteiger partial charge on any atom is -0.338 e. The van der Waals surface area contributed by atoms with Crippen LogP contribution in [0.2, 0.25) is 0 Å². The van der Waals surface area contributed by atoms with E-state index in [1.165, 1.54) is 5.56 Å². The summed E-state index contributed by atoms with van der Waals surface area (Å²) in [5.41, 5.74) is 7.55. The Kier molecular flexibility index (Phi) is 3.11. The third kappa shape index (κ3) is 2.68. The number of aromatic nitrogens is 2. The van der Waals surface area contributed by atoms with Crippen LogP contribution in [0.25, 0.3) is 0 Å². The molecule has 0 amide bonds. The van der Waals surface area contributed by atoms with Gasteiger partial charge < -0.3 is 10.3 Å². The van der Waals surface area contributed by atoms with Gasteiger partial charge in [0.25, 0.3) is 0 Å². The Labute approximate surface area is 113 Å². The smallest absolute Gasteiger partial charge is 0.243 e. The van der Waals surface area contributed by atoms with Gasteiger partial charge in [-0.05, 0) is 31.2 Å².